The van der Waals surface area contributed by atoms with Gasteiger partial charge in [0.15, 0.2) is 0 Å². The molecule has 0 saturated heterocycles. The Kier molecular flexibility index (Phi) is 4.78. The van der Waals surface area contributed by atoms with Gasteiger partial charge in [0.05, 0.1) is 17.4 Å². The fraction of sp³-hybridized carbons (Fsp3) is 0.318. The minimum Gasteiger partial charge on any atom is -0.481 e. The molecule has 1 heterocycles. The molecule has 150 valence electrons. The molecule has 0 spiro atoms. The van der Waals surface area contributed by atoms with Crippen molar-refractivity contribution in [1.82, 2.24) is 0 Å². The van der Waals surface area contributed by atoms with Crippen LogP contribution in [0.2, 0.25) is 0 Å². The average Bonchev–Trinajstić information content (AvgIpc) is 3.35. The minimum atomic E-state index is -0.958. The number of rotatable bonds is 5. The Labute approximate surface area is 172 Å². The highest BCUT2D eigenvalue weighted by Gasteiger charge is 2.51. The summed E-state index contributed by atoms with van der Waals surface area (Å²) in [5.74, 6) is -3.53. The molecular weight excluding hydrogens is 388 g/mol. The lowest BCUT2D eigenvalue weighted by Gasteiger charge is -2.23. The molecule has 6 nitrogen and oxygen atoms in total. The highest BCUT2D eigenvalue weighted by molar-refractivity contribution is 7.17. The standard InChI is InChI=1S/C22H22N2O4S/c1-10-3-5-12(6-4-10)15-11(2)29-21(18(15)19(23)25)24-20(26)16-13-7-8-14(9-13)17(16)22(27)28/h3-8,13-14,16-17H,9H2,1-2H3,(H2,23,25)(H,24,26)(H,27,28)/t13-,14-,16-,17-/m0/s1. The van der Waals surface area contributed by atoms with Crippen molar-refractivity contribution in [2.75, 3.05) is 5.32 Å². The van der Waals surface area contributed by atoms with Gasteiger partial charge >= 0.3 is 5.97 Å². The molecule has 2 aliphatic carbocycles. The van der Waals surface area contributed by atoms with Crippen LogP contribution in [0.4, 0.5) is 5.00 Å². The summed E-state index contributed by atoms with van der Waals surface area (Å²) in [6.07, 6.45) is 4.50. The maximum absolute atomic E-state index is 13.0. The summed E-state index contributed by atoms with van der Waals surface area (Å²) >= 11 is 1.29. The quantitative estimate of drug-likeness (QED) is 0.654. The molecule has 0 unspecified atom stereocenters. The molecule has 2 bridgehead atoms. The van der Waals surface area contributed by atoms with Crippen molar-refractivity contribution in [3.8, 4) is 11.1 Å². The number of amides is 2. The predicted molar refractivity (Wildman–Crippen MR) is 112 cm³/mol. The molecule has 2 aliphatic rings. The number of primary amides is 1. The summed E-state index contributed by atoms with van der Waals surface area (Å²) in [6.45, 7) is 3.86. The SMILES string of the molecule is Cc1ccc(-c2c(C)sc(NC(=O)[C@@H]3[C@@H](C(=O)O)[C@H]4C=C[C@H]3C4)c2C(N)=O)cc1. The van der Waals surface area contributed by atoms with Gasteiger partial charge in [0.25, 0.3) is 5.91 Å². The van der Waals surface area contributed by atoms with E-state index in [1.54, 1.807) is 0 Å². The summed E-state index contributed by atoms with van der Waals surface area (Å²) in [6, 6.07) is 7.75. The number of nitrogens with two attached hydrogens (primary N) is 1. The Morgan fingerprint density at radius 3 is 2.28 bits per heavy atom. The Bertz CT molecular complexity index is 1040. The number of hydrogen-bond donors (Lipinski definition) is 3. The van der Waals surface area contributed by atoms with Gasteiger partial charge in [0.2, 0.25) is 5.91 Å². The number of carbonyl (C=O) groups is 3. The third-order valence-corrected chi connectivity index (χ3v) is 6.98. The van der Waals surface area contributed by atoms with Crippen molar-refractivity contribution in [3.63, 3.8) is 0 Å². The Morgan fingerprint density at radius 1 is 1.07 bits per heavy atom. The first-order valence-corrected chi connectivity index (χ1v) is 10.3. The number of carboxylic acids is 1. The zero-order valence-electron chi connectivity index (χ0n) is 16.1. The van der Waals surface area contributed by atoms with Crippen LogP contribution >= 0.6 is 11.3 Å². The molecular formula is C22H22N2O4S. The molecule has 29 heavy (non-hydrogen) atoms. The molecule has 1 saturated carbocycles. The van der Waals surface area contributed by atoms with Gasteiger partial charge in [-0.05, 0) is 37.7 Å². The molecule has 1 aromatic carbocycles. The van der Waals surface area contributed by atoms with Crippen molar-refractivity contribution >= 4 is 34.1 Å². The molecule has 7 heteroatoms. The third kappa shape index (κ3) is 3.25. The van der Waals surface area contributed by atoms with Crippen LogP contribution < -0.4 is 11.1 Å². The smallest absolute Gasteiger partial charge is 0.307 e. The lowest BCUT2D eigenvalue weighted by Crippen LogP contribution is -2.36. The van der Waals surface area contributed by atoms with Crippen LogP contribution in [0.5, 0.6) is 0 Å². The molecule has 0 aliphatic heterocycles. The number of aliphatic carboxylic acids is 1. The van der Waals surface area contributed by atoms with E-state index < -0.39 is 23.7 Å². The van der Waals surface area contributed by atoms with Gasteiger partial charge in [-0.2, -0.15) is 0 Å². The minimum absolute atomic E-state index is 0.0873. The number of hydrogen-bond acceptors (Lipinski definition) is 4. The van der Waals surface area contributed by atoms with Gasteiger partial charge in [0, 0.05) is 10.4 Å². The van der Waals surface area contributed by atoms with Gasteiger partial charge in [-0.3, -0.25) is 14.4 Å². The van der Waals surface area contributed by atoms with E-state index in [1.807, 2.05) is 50.3 Å². The van der Waals surface area contributed by atoms with E-state index in [1.165, 1.54) is 11.3 Å². The summed E-state index contributed by atoms with van der Waals surface area (Å²) in [5, 5.41) is 12.8. The second-order valence-corrected chi connectivity index (χ2v) is 9.02. The average molecular weight is 410 g/mol. The van der Waals surface area contributed by atoms with Gasteiger partial charge in [-0.25, -0.2) is 0 Å². The lowest BCUT2D eigenvalue weighted by molar-refractivity contribution is -0.146. The van der Waals surface area contributed by atoms with Crippen LogP contribution in [0.25, 0.3) is 11.1 Å². The number of benzene rings is 1. The molecule has 2 aromatic rings. The normalized spacial score (nSPS) is 24.6. The molecule has 1 fully saturated rings. The van der Waals surface area contributed by atoms with E-state index >= 15 is 0 Å². The van der Waals surface area contributed by atoms with E-state index in [4.69, 9.17) is 5.73 Å². The van der Waals surface area contributed by atoms with Crippen molar-refractivity contribution in [2.45, 2.75) is 20.3 Å². The summed E-state index contributed by atoms with van der Waals surface area (Å²) < 4.78 is 0. The maximum atomic E-state index is 13.0. The lowest BCUT2D eigenvalue weighted by atomic mass is 9.82. The zero-order chi connectivity index (χ0) is 20.9. The second-order valence-electron chi connectivity index (χ2n) is 7.80. The van der Waals surface area contributed by atoms with Crippen LogP contribution in [-0.2, 0) is 9.59 Å². The fourth-order valence-electron chi connectivity index (χ4n) is 4.65. The largest absolute Gasteiger partial charge is 0.481 e. The maximum Gasteiger partial charge on any atom is 0.307 e. The highest BCUT2D eigenvalue weighted by atomic mass is 32.1. The van der Waals surface area contributed by atoms with Crippen LogP contribution in [0.3, 0.4) is 0 Å². The van der Waals surface area contributed by atoms with Crippen molar-refractivity contribution in [3.05, 3.63) is 52.4 Å². The Morgan fingerprint density at radius 2 is 1.69 bits per heavy atom. The number of carboxylic acid groups (broad SMARTS) is 1. The van der Waals surface area contributed by atoms with Crippen LogP contribution in [0.1, 0.15) is 27.2 Å². The number of carbonyl (C=O) groups excluding carboxylic acids is 2. The number of allylic oxidation sites excluding steroid dienone is 2. The molecule has 4 N–H and O–H groups in total. The number of thiophene rings is 1. The van der Waals surface area contributed by atoms with Gasteiger partial charge < -0.3 is 16.2 Å². The first kappa shape index (κ1) is 19.4. The Hall–Kier alpha value is -2.93. The Balaban J connectivity index is 1.69. The molecule has 1 aromatic heterocycles. The van der Waals surface area contributed by atoms with Crippen molar-refractivity contribution < 1.29 is 19.5 Å². The molecule has 2 amide bonds. The van der Waals surface area contributed by atoms with E-state index in [2.05, 4.69) is 5.32 Å². The molecule has 4 rings (SSSR count). The van der Waals surface area contributed by atoms with Gasteiger partial charge in [0.1, 0.15) is 5.00 Å². The first-order chi connectivity index (χ1) is 13.8. The summed E-state index contributed by atoms with van der Waals surface area (Å²) in [7, 11) is 0. The van der Waals surface area contributed by atoms with Crippen molar-refractivity contribution in [2.24, 2.45) is 29.4 Å². The first-order valence-electron chi connectivity index (χ1n) is 9.50. The van der Waals surface area contributed by atoms with Gasteiger partial charge in [-0.1, -0.05) is 42.0 Å². The number of anilines is 1. The fourth-order valence-corrected chi connectivity index (χ4v) is 5.73. The van der Waals surface area contributed by atoms with Crippen LogP contribution in [0.15, 0.2) is 36.4 Å². The van der Waals surface area contributed by atoms with Crippen LogP contribution in [0, 0.1) is 37.5 Å². The number of aryl methyl sites for hydroxylation is 2. The summed E-state index contributed by atoms with van der Waals surface area (Å²) in [5.41, 5.74) is 8.60. The highest BCUT2D eigenvalue weighted by Crippen LogP contribution is 2.49. The zero-order valence-corrected chi connectivity index (χ0v) is 17.0. The predicted octanol–water partition coefficient (Wildman–Crippen LogP) is 3.59. The monoisotopic (exact) mass is 410 g/mol. The van der Waals surface area contributed by atoms with Crippen LogP contribution in [-0.4, -0.2) is 22.9 Å². The number of fused-ring (bicyclic) bond motifs is 2. The summed E-state index contributed by atoms with van der Waals surface area (Å²) in [4.78, 5) is 37.9. The van der Waals surface area contributed by atoms with E-state index in [9.17, 15) is 19.5 Å². The topological polar surface area (TPSA) is 109 Å². The molecule has 0 radical (unpaired) electrons. The van der Waals surface area contributed by atoms with E-state index in [0.717, 1.165) is 16.0 Å². The number of nitrogens with one attached hydrogen (secondary N) is 1. The van der Waals surface area contributed by atoms with E-state index in [-0.39, 0.29) is 23.3 Å². The van der Waals surface area contributed by atoms with E-state index in [0.29, 0.717) is 17.0 Å². The molecule has 4 atom stereocenters. The second kappa shape index (κ2) is 7.15. The van der Waals surface area contributed by atoms with Gasteiger partial charge in [-0.15, -0.1) is 11.3 Å². The third-order valence-electron chi connectivity index (χ3n) is 5.95. The van der Waals surface area contributed by atoms with Crippen molar-refractivity contribution in [1.29, 1.82) is 0 Å².